The van der Waals surface area contributed by atoms with E-state index < -0.39 is 0 Å². The summed E-state index contributed by atoms with van der Waals surface area (Å²) in [7, 11) is 1.69. The molecule has 0 spiro atoms. The molecule has 140 valence electrons. The van der Waals surface area contributed by atoms with Crippen molar-refractivity contribution in [3.05, 3.63) is 47.3 Å². The fourth-order valence-electron chi connectivity index (χ4n) is 3.10. The number of rotatable bonds is 6. The molecule has 2 heterocycles. The first-order chi connectivity index (χ1) is 12.8. The number of hydrogen-bond donors (Lipinski definition) is 1. The maximum Gasteiger partial charge on any atom is 0.194 e. The van der Waals surface area contributed by atoms with Crippen LogP contribution in [0.4, 0.5) is 5.00 Å². The topological polar surface area (TPSA) is 40.1 Å². The van der Waals surface area contributed by atoms with Crippen LogP contribution in [0.15, 0.2) is 46.8 Å². The molecule has 5 nitrogen and oxygen atoms in total. The summed E-state index contributed by atoms with van der Waals surface area (Å²) in [6.07, 6.45) is 0.939. The van der Waals surface area contributed by atoms with Gasteiger partial charge in [-0.05, 0) is 48.6 Å². The Hall–Kier alpha value is -2.21. The second-order valence-electron chi connectivity index (χ2n) is 6.26. The smallest absolute Gasteiger partial charge is 0.194 e. The van der Waals surface area contributed by atoms with Gasteiger partial charge in [-0.15, -0.1) is 11.3 Å². The summed E-state index contributed by atoms with van der Waals surface area (Å²) in [5.74, 6) is 1.93. The highest BCUT2D eigenvalue weighted by atomic mass is 32.1. The standard InChI is InChI=1S/C20H28N4OS/c1-3-21-20(22-11-10-17-6-8-18(25-2)9-7-17)24-14-12-23(13-15-24)19-5-4-16-26-19/h4-9,16H,3,10-15H2,1-2H3,(H,21,22). The molecule has 26 heavy (non-hydrogen) atoms. The highest BCUT2D eigenvalue weighted by Crippen LogP contribution is 2.22. The van der Waals surface area contributed by atoms with Crippen LogP contribution in [-0.4, -0.2) is 57.2 Å². The first-order valence-corrected chi connectivity index (χ1v) is 10.1. The number of ether oxygens (including phenoxy) is 1. The van der Waals surface area contributed by atoms with Gasteiger partial charge in [-0.3, -0.25) is 4.99 Å². The lowest BCUT2D eigenvalue weighted by Gasteiger charge is -2.37. The molecule has 0 unspecified atom stereocenters. The van der Waals surface area contributed by atoms with E-state index in [1.807, 2.05) is 23.5 Å². The Bertz CT molecular complexity index is 676. The minimum absolute atomic E-state index is 0.791. The van der Waals surface area contributed by atoms with Crippen LogP contribution in [0.1, 0.15) is 12.5 Å². The Balaban J connectivity index is 1.53. The second-order valence-corrected chi connectivity index (χ2v) is 7.19. The summed E-state index contributed by atoms with van der Waals surface area (Å²) in [6, 6.07) is 12.6. The Kier molecular flexibility index (Phi) is 6.77. The summed E-state index contributed by atoms with van der Waals surface area (Å²) < 4.78 is 5.21. The third-order valence-electron chi connectivity index (χ3n) is 4.55. The van der Waals surface area contributed by atoms with Crippen LogP contribution in [0, 0.1) is 0 Å². The van der Waals surface area contributed by atoms with E-state index in [0.717, 1.165) is 57.4 Å². The number of hydrogen-bond acceptors (Lipinski definition) is 4. The summed E-state index contributed by atoms with van der Waals surface area (Å²) in [4.78, 5) is 9.68. The van der Waals surface area contributed by atoms with E-state index in [1.54, 1.807) is 7.11 Å². The molecule has 0 bridgehead atoms. The van der Waals surface area contributed by atoms with Crippen molar-refractivity contribution in [1.29, 1.82) is 0 Å². The molecular formula is C20H28N4OS. The lowest BCUT2D eigenvalue weighted by Crippen LogP contribution is -2.52. The SMILES string of the molecule is CCNC(=NCCc1ccc(OC)cc1)N1CCN(c2cccs2)CC1. The highest BCUT2D eigenvalue weighted by molar-refractivity contribution is 7.14. The maximum absolute atomic E-state index is 5.21. The van der Waals surface area contributed by atoms with Crippen LogP contribution in [0.3, 0.4) is 0 Å². The molecular weight excluding hydrogens is 344 g/mol. The van der Waals surface area contributed by atoms with Crippen LogP contribution in [0.5, 0.6) is 5.75 Å². The van der Waals surface area contributed by atoms with E-state index in [0.29, 0.717) is 0 Å². The zero-order chi connectivity index (χ0) is 18.2. The molecule has 1 aliphatic heterocycles. The van der Waals surface area contributed by atoms with Gasteiger partial charge in [0.1, 0.15) is 5.75 Å². The second kappa shape index (κ2) is 9.48. The number of aliphatic imine (C=N–C) groups is 1. The number of nitrogens with one attached hydrogen (secondary N) is 1. The number of piperazine rings is 1. The first kappa shape index (κ1) is 18.6. The van der Waals surface area contributed by atoms with E-state index in [1.165, 1.54) is 10.6 Å². The molecule has 1 aromatic carbocycles. The van der Waals surface area contributed by atoms with Crippen molar-refractivity contribution in [3.63, 3.8) is 0 Å². The molecule has 1 N–H and O–H groups in total. The maximum atomic E-state index is 5.21. The molecule has 1 aliphatic rings. The fraction of sp³-hybridized carbons (Fsp3) is 0.450. The van der Waals surface area contributed by atoms with Gasteiger partial charge in [0.25, 0.3) is 0 Å². The number of anilines is 1. The van der Waals surface area contributed by atoms with Gasteiger partial charge in [0, 0.05) is 39.3 Å². The fourth-order valence-corrected chi connectivity index (χ4v) is 3.88. The van der Waals surface area contributed by atoms with Gasteiger partial charge in [-0.2, -0.15) is 0 Å². The molecule has 1 aromatic heterocycles. The van der Waals surface area contributed by atoms with Crippen LogP contribution < -0.4 is 15.0 Å². The van der Waals surface area contributed by atoms with E-state index >= 15 is 0 Å². The van der Waals surface area contributed by atoms with Crippen LogP contribution in [0.25, 0.3) is 0 Å². The third-order valence-corrected chi connectivity index (χ3v) is 5.48. The average Bonchev–Trinajstić information content (AvgIpc) is 3.23. The third kappa shape index (κ3) is 4.91. The van der Waals surface area contributed by atoms with E-state index in [2.05, 4.69) is 51.7 Å². The van der Waals surface area contributed by atoms with Crippen molar-refractivity contribution in [2.45, 2.75) is 13.3 Å². The Labute approximate surface area is 160 Å². The minimum Gasteiger partial charge on any atom is -0.497 e. The molecule has 0 aliphatic carbocycles. The van der Waals surface area contributed by atoms with Crippen molar-refractivity contribution in [3.8, 4) is 5.75 Å². The lowest BCUT2D eigenvalue weighted by atomic mass is 10.1. The van der Waals surface area contributed by atoms with Crippen molar-refractivity contribution in [2.75, 3.05) is 51.3 Å². The van der Waals surface area contributed by atoms with Crippen LogP contribution in [-0.2, 0) is 6.42 Å². The number of nitrogens with zero attached hydrogens (tertiary/aromatic N) is 3. The van der Waals surface area contributed by atoms with Crippen molar-refractivity contribution < 1.29 is 4.74 Å². The van der Waals surface area contributed by atoms with Gasteiger partial charge in [-0.25, -0.2) is 0 Å². The molecule has 0 radical (unpaired) electrons. The van der Waals surface area contributed by atoms with E-state index in [9.17, 15) is 0 Å². The largest absolute Gasteiger partial charge is 0.497 e. The quantitative estimate of drug-likeness (QED) is 0.625. The number of thiophene rings is 1. The van der Waals surface area contributed by atoms with E-state index in [4.69, 9.17) is 9.73 Å². The van der Waals surface area contributed by atoms with Gasteiger partial charge in [0.05, 0.1) is 12.1 Å². The molecule has 1 saturated heterocycles. The molecule has 0 saturated carbocycles. The zero-order valence-electron chi connectivity index (χ0n) is 15.6. The van der Waals surface area contributed by atoms with Gasteiger partial charge in [-0.1, -0.05) is 12.1 Å². The molecule has 6 heteroatoms. The van der Waals surface area contributed by atoms with Crippen LogP contribution >= 0.6 is 11.3 Å². The molecule has 3 rings (SSSR count). The normalized spacial score (nSPS) is 15.2. The number of benzene rings is 1. The Morgan fingerprint density at radius 3 is 2.54 bits per heavy atom. The van der Waals surface area contributed by atoms with Crippen LogP contribution in [0.2, 0.25) is 0 Å². The zero-order valence-corrected chi connectivity index (χ0v) is 16.5. The predicted octanol–water partition coefficient (Wildman–Crippen LogP) is 3.09. The minimum atomic E-state index is 0.791. The van der Waals surface area contributed by atoms with Gasteiger partial charge in [0.2, 0.25) is 0 Å². The molecule has 1 fully saturated rings. The summed E-state index contributed by atoms with van der Waals surface area (Å²) in [5.41, 5.74) is 1.29. The predicted molar refractivity (Wildman–Crippen MR) is 111 cm³/mol. The first-order valence-electron chi connectivity index (χ1n) is 9.25. The van der Waals surface area contributed by atoms with Crippen molar-refractivity contribution in [1.82, 2.24) is 10.2 Å². The van der Waals surface area contributed by atoms with E-state index in [-0.39, 0.29) is 0 Å². The monoisotopic (exact) mass is 372 g/mol. The number of guanidine groups is 1. The number of methoxy groups -OCH3 is 1. The molecule has 0 amide bonds. The molecule has 0 atom stereocenters. The summed E-state index contributed by atoms with van der Waals surface area (Å²) in [6.45, 7) is 7.92. The summed E-state index contributed by atoms with van der Waals surface area (Å²) >= 11 is 1.82. The Morgan fingerprint density at radius 1 is 1.15 bits per heavy atom. The Morgan fingerprint density at radius 2 is 1.92 bits per heavy atom. The highest BCUT2D eigenvalue weighted by Gasteiger charge is 2.20. The summed E-state index contributed by atoms with van der Waals surface area (Å²) in [5, 5.41) is 6.96. The van der Waals surface area contributed by atoms with Gasteiger partial charge >= 0.3 is 0 Å². The van der Waals surface area contributed by atoms with Crippen molar-refractivity contribution in [2.24, 2.45) is 4.99 Å². The van der Waals surface area contributed by atoms with Gasteiger partial charge < -0.3 is 19.9 Å². The average molecular weight is 373 g/mol. The molecule has 2 aromatic rings. The lowest BCUT2D eigenvalue weighted by molar-refractivity contribution is 0.373. The van der Waals surface area contributed by atoms with Gasteiger partial charge in [0.15, 0.2) is 5.96 Å². The van der Waals surface area contributed by atoms with Crippen molar-refractivity contribution >= 4 is 22.3 Å².